The molecule has 12 heavy (non-hydrogen) atoms. The van der Waals surface area contributed by atoms with Crippen molar-refractivity contribution in [1.29, 1.82) is 0 Å². The number of ether oxygens (including phenoxy) is 1. The Morgan fingerprint density at radius 2 is 1.92 bits per heavy atom. The van der Waals surface area contributed by atoms with Crippen LogP contribution in [0.15, 0.2) is 30.3 Å². The molecule has 0 saturated heterocycles. The van der Waals surface area contributed by atoms with Gasteiger partial charge in [0.1, 0.15) is 6.61 Å². The predicted molar refractivity (Wildman–Crippen MR) is 39.3 cm³/mol. The summed E-state index contributed by atoms with van der Waals surface area (Å²) < 4.78 is 4.34. The van der Waals surface area contributed by atoms with E-state index in [1.54, 1.807) is 0 Å². The number of benzene rings is 1. The summed E-state index contributed by atoms with van der Waals surface area (Å²) in [7, 11) is 0. The molecule has 1 rings (SSSR count). The van der Waals surface area contributed by atoms with E-state index in [2.05, 4.69) is 4.74 Å². The van der Waals surface area contributed by atoms with Crippen molar-refractivity contribution in [3.63, 3.8) is 0 Å². The second-order valence-corrected chi connectivity index (χ2v) is 2.04. The number of hydrogen-bond acceptors (Lipinski definition) is 2. The van der Waals surface area contributed by atoms with Gasteiger partial charge in [-0.05, 0) is 5.56 Å². The molecule has 0 amide bonds. The molecule has 1 radical (unpaired) electrons. The van der Waals surface area contributed by atoms with Crippen molar-refractivity contribution in [2.24, 2.45) is 0 Å². The standard InChI is InChI=1S/C8H8O3.Ag/c9-8(10)11-6-7-4-2-1-3-5-7;/h1-5H,6H2,(H,9,10);. The number of hydrogen-bond donors (Lipinski definition) is 1. The molecular weight excluding hydrogens is 252 g/mol. The van der Waals surface area contributed by atoms with Crippen molar-refractivity contribution in [2.75, 3.05) is 0 Å². The molecule has 0 heterocycles. The van der Waals surface area contributed by atoms with E-state index >= 15 is 0 Å². The quantitative estimate of drug-likeness (QED) is 0.652. The first-order valence-electron chi connectivity index (χ1n) is 3.18. The monoisotopic (exact) mass is 259 g/mol. The van der Waals surface area contributed by atoms with Gasteiger partial charge in [-0.1, -0.05) is 30.3 Å². The molecule has 1 N–H and O–H groups in total. The SMILES string of the molecule is O=C(O)OCc1ccccc1.[Ag]. The average Bonchev–Trinajstić information content (AvgIpc) is 2.03. The molecule has 69 valence electrons. The second kappa shape index (κ2) is 5.83. The molecule has 3 nitrogen and oxygen atoms in total. The van der Waals surface area contributed by atoms with Gasteiger partial charge >= 0.3 is 6.16 Å². The molecule has 0 aromatic heterocycles. The van der Waals surface area contributed by atoms with E-state index in [-0.39, 0.29) is 29.0 Å². The first-order valence-corrected chi connectivity index (χ1v) is 3.18. The predicted octanol–water partition coefficient (Wildman–Crippen LogP) is 1.88. The van der Waals surface area contributed by atoms with Gasteiger partial charge in [0.2, 0.25) is 0 Å². The van der Waals surface area contributed by atoms with Gasteiger partial charge in [-0.15, -0.1) is 0 Å². The molecule has 0 spiro atoms. The molecule has 1 aromatic rings. The number of rotatable bonds is 2. The molecule has 0 saturated carbocycles. The van der Waals surface area contributed by atoms with Crippen molar-refractivity contribution in [3.05, 3.63) is 35.9 Å². The molecule has 0 unspecified atom stereocenters. The summed E-state index contributed by atoms with van der Waals surface area (Å²) in [6.45, 7) is 0.121. The van der Waals surface area contributed by atoms with Crippen LogP contribution in [0.4, 0.5) is 4.79 Å². The molecular formula is C8H8AgO3. The van der Waals surface area contributed by atoms with E-state index in [4.69, 9.17) is 5.11 Å². The van der Waals surface area contributed by atoms with E-state index in [9.17, 15) is 4.79 Å². The fourth-order valence-corrected chi connectivity index (χ4v) is 0.719. The second-order valence-electron chi connectivity index (χ2n) is 2.04. The van der Waals surface area contributed by atoms with Gasteiger partial charge < -0.3 is 9.84 Å². The van der Waals surface area contributed by atoms with Crippen molar-refractivity contribution < 1.29 is 37.0 Å². The Labute approximate surface area is 85.9 Å². The van der Waals surface area contributed by atoms with E-state index in [1.807, 2.05) is 30.3 Å². The van der Waals surface area contributed by atoms with Crippen LogP contribution in [0.1, 0.15) is 5.56 Å². The Morgan fingerprint density at radius 3 is 2.42 bits per heavy atom. The fourth-order valence-electron chi connectivity index (χ4n) is 0.719. The molecule has 0 aliphatic rings. The Bertz CT molecular complexity index is 235. The molecule has 0 aliphatic carbocycles. The summed E-state index contributed by atoms with van der Waals surface area (Å²) in [4.78, 5) is 9.95. The third kappa shape index (κ3) is 4.18. The number of carbonyl (C=O) groups is 1. The molecule has 0 fully saturated rings. The minimum atomic E-state index is -1.24. The molecule has 4 heteroatoms. The molecule has 0 aliphatic heterocycles. The Morgan fingerprint density at radius 1 is 1.33 bits per heavy atom. The van der Waals surface area contributed by atoms with Crippen LogP contribution in [0.3, 0.4) is 0 Å². The molecule has 0 atom stereocenters. The maximum atomic E-state index is 9.95. The third-order valence-corrected chi connectivity index (χ3v) is 1.21. The van der Waals surface area contributed by atoms with Crippen molar-refractivity contribution in [1.82, 2.24) is 0 Å². The maximum Gasteiger partial charge on any atom is 0.506 e. The summed E-state index contributed by atoms with van der Waals surface area (Å²) in [5.41, 5.74) is 0.856. The van der Waals surface area contributed by atoms with Gasteiger partial charge in [0.05, 0.1) is 0 Å². The minimum Gasteiger partial charge on any atom is -0.450 e. The smallest absolute Gasteiger partial charge is 0.450 e. The van der Waals surface area contributed by atoms with Gasteiger partial charge in [-0.25, -0.2) is 4.79 Å². The Balaban J connectivity index is 0.00000121. The van der Waals surface area contributed by atoms with E-state index < -0.39 is 6.16 Å². The summed E-state index contributed by atoms with van der Waals surface area (Å²) in [6, 6.07) is 9.15. The van der Waals surface area contributed by atoms with Gasteiger partial charge in [-0.3, -0.25) is 0 Å². The summed E-state index contributed by atoms with van der Waals surface area (Å²) in [5, 5.41) is 8.15. The summed E-state index contributed by atoms with van der Waals surface area (Å²) >= 11 is 0. The first kappa shape index (κ1) is 11.2. The van der Waals surface area contributed by atoms with Gasteiger partial charge in [0.25, 0.3) is 0 Å². The van der Waals surface area contributed by atoms with Crippen molar-refractivity contribution >= 4 is 6.16 Å². The van der Waals surface area contributed by atoms with Crippen molar-refractivity contribution in [2.45, 2.75) is 6.61 Å². The van der Waals surface area contributed by atoms with Crippen LogP contribution in [0.2, 0.25) is 0 Å². The van der Waals surface area contributed by atoms with Crippen LogP contribution < -0.4 is 0 Å². The zero-order valence-corrected chi connectivity index (χ0v) is 7.64. The average molecular weight is 260 g/mol. The normalized spacial score (nSPS) is 8.33. The topological polar surface area (TPSA) is 46.5 Å². The zero-order chi connectivity index (χ0) is 8.10. The maximum absolute atomic E-state index is 9.95. The minimum absolute atomic E-state index is 0. The summed E-state index contributed by atoms with van der Waals surface area (Å²) in [6.07, 6.45) is -1.24. The molecule has 0 bridgehead atoms. The van der Waals surface area contributed by atoms with E-state index in [0.29, 0.717) is 0 Å². The number of carboxylic acid groups (broad SMARTS) is 1. The van der Waals surface area contributed by atoms with E-state index in [0.717, 1.165) is 5.56 Å². The first-order chi connectivity index (χ1) is 5.29. The van der Waals surface area contributed by atoms with E-state index in [1.165, 1.54) is 0 Å². The van der Waals surface area contributed by atoms with Crippen LogP contribution in [-0.4, -0.2) is 11.3 Å². The molecule has 1 aromatic carbocycles. The Hall–Kier alpha value is -0.770. The largest absolute Gasteiger partial charge is 0.506 e. The zero-order valence-electron chi connectivity index (χ0n) is 6.16. The van der Waals surface area contributed by atoms with Crippen molar-refractivity contribution in [3.8, 4) is 0 Å². The van der Waals surface area contributed by atoms with Gasteiger partial charge in [0.15, 0.2) is 0 Å². The fraction of sp³-hybridized carbons (Fsp3) is 0.125. The van der Waals surface area contributed by atoms with Crippen LogP contribution in [-0.2, 0) is 33.7 Å². The van der Waals surface area contributed by atoms with Crippen LogP contribution >= 0.6 is 0 Å². The van der Waals surface area contributed by atoms with Crippen LogP contribution in [0.25, 0.3) is 0 Å². The van der Waals surface area contributed by atoms with Gasteiger partial charge in [0, 0.05) is 22.4 Å². The van der Waals surface area contributed by atoms with Gasteiger partial charge in [-0.2, -0.15) is 0 Å². The van der Waals surface area contributed by atoms with Crippen LogP contribution in [0, 0.1) is 0 Å². The third-order valence-electron chi connectivity index (χ3n) is 1.21. The van der Waals surface area contributed by atoms with Crippen LogP contribution in [0.5, 0.6) is 0 Å². The summed E-state index contributed by atoms with van der Waals surface area (Å²) in [5.74, 6) is 0. The Kier molecular flexibility index (Phi) is 5.45.